The Hall–Kier alpha value is -2.04. The van der Waals surface area contributed by atoms with Gasteiger partial charge in [0, 0.05) is 25.2 Å². The van der Waals surface area contributed by atoms with Crippen molar-refractivity contribution in [1.29, 1.82) is 0 Å². The summed E-state index contributed by atoms with van der Waals surface area (Å²) < 4.78 is 0. The number of nitrogens with one attached hydrogen (secondary N) is 1. The van der Waals surface area contributed by atoms with Crippen LogP contribution in [0.25, 0.3) is 0 Å². The summed E-state index contributed by atoms with van der Waals surface area (Å²) in [5, 5.41) is 11.6. The molecule has 0 heterocycles. The molecule has 0 bridgehead atoms. The number of amides is 1. The highest BCUT2D eigenvalue weighted by Gasteiger charge is 2.11. The lowest BCUT2D eigenvalue weighted by atomic mass is 10.2. The molecule has 0 aromatic heterocycles. The second-order valence-electron chi connectivity index (χ2n) is 4.96. The van der Waals surface area contributed by atoms with E-state index in [1.54, 1.807) is 0 Å². The van der Waals surface area contributed by atoms with Gasteiger partial charge in [-0.1, -0.05) is 31.5 Å². The quantitative estimate of drug-likeness (QED) is 0.649. The first kappa shape index (κ1) is 17.0. The van der Waals surface area contributed by atoms with Crippen LogP contribution in [0.1, 0.15) is 32.6 Å². The average Bonchev–Trinajstić information content (AvgIpc) is 2.47. The Morgan fingerprint density at radius 2 is 1.90 bits per heavy atom. The molecule has 0 unspecified atom stereocenters. The van der Waals surface area contributed by atoms with Gasteiger partial charge in [-0.3, -0.25) is 9.59 Å². The monoisotopic (exact) mass is 292 g/mol. The summed E-state index contributed by atoms with van der Waals surface area (Å²) in [6.45, 7) is 3.58. The number of nitrogens with zero attached hydrogens (tertiary/aromatic N) is 1. The van der Waals surface area contributed by atoms with Gasteiger partial charge < -0.3 is 15.3 Å². The number of rotatable bonds is 10. The molecule has 0 fully saturated rings. The molecule has 0 atom stereocenters. The van der Waals surface area contributed by atoms with Crippen molar-refractivity contribution in [3.05, 3.63) is 30.3 Å². The molecule has 0 aliphatic rings. The number of anilines is 1. The third-order valence-electron chi connectivity index (χ3n) is 3.13. The van der Waals surface area contributed by atoms with Gasteiger partial charge in [0.1, 0.15) is 0 Å². The Balaban J connectivity index is 2.55. The number of carboxylic acid groups (broad SMARTS) is 1. The lowest BCUT2D eigenvalue weighted by Crippen LogP contribution is -2.38. The molecule has 0 saturated heterocycles. The normalized spacial score (nSPS) is 10.1. The van der Waals surface area contributed by atoms with Gasteiger partial charge in [0.25, 0.3) is 0 Å². The van der Waals surface area contributed by atoms with Crippen LogP contribution in [-0.4, -0.2) is 36.6 Å². The molecule has 5 nitrogen and oxygen atoms in total. The van der Waals surface area contributed by atoms with Crippen molar-refractivity contribution in [2.24, 2.45) is 0 Å². The Morgan fingerprint density at radius 1 is 1.19 bits per heavy atom. The Morgan fingerprint density at radius 3 is 2.52 bits per heavy atom. The van der Waals surface area contributed by atoms with Crippen LogP contribution in [0, 0.1) is 0 Å². The number of benzene rings is 1. The second kappa shape index (κ2) is 9.80. The number of hydrogen-bond acceptors (Lipinski definition) is 3. The summed E-state index contributed by atoms with van der Waals surface area (Å²) in [6, 6.07) is 9.60. The molecule has 0 spiro atoms. The molecule has 1 aromatic rings. The number of carbonyl (C=O) groups is 2. The Labute approximate surface area is 126 Å². The van der Waals surface area contributed by atoms with Crippen molar-refractivity contribution < 1.29 is 14.7 Å². The van der Waals surface area contributed by atoms with Gasteiger partial charge >= 0.3 is 5.97 Å². The van der Waals surface area contributed by atoms with Crippen LogP contribution in [0.3, 0.4) is 0 Å². The largest absolute Gasteiger partial charge is 0.481 e. The molecule has 1 aromatic carbocycles. The molecule has 1 rings (SSSR count). The zero-order chi connectivity index (χ0) is 15.5. The van der Waals surface area contributed by atoms with Crippen LogP contribution >= 0.6 is 0 Å². The predicted octanol–water partition coefficient (Wildman–Crippen LogP) is 2.27. The molecule has 2 N–H and O–H groups in total. The average molecular weight is 292 g/mol. The minimum atomic E-state index is -0.810. The number of unbranched alkanes of at least 4 members (excludes halogenated alkanes) is 1. The van der Waals surface area contributed by atoms with Crippen molar-refractivity contribution in [2.75, 3.05) is 24.5 Å². The van der Waals surface area contributed by atoms with E-state index in [4.69, 9.17) is 5.11 Å². The van der Waals surface area contributed by atoms with E-state index >= 15 is 0 Å². The molecule has 0 aliphatic carbocycles. The second-order valence-corrected chi connectivity index (χ2v) is 4.96. The minimum Gasteiger partial charge on any atom is -0.481 e. The lowest BCUT2D eigenvalue weighted by Gasteiger charge is -2.24. The molecule has 0 saturated carbocycles. The molecule has 116 valence electrons. The maximum Gasteiger partial charge on any atom is 0.303 e. The zero-order valence-electron chi connectivity index (χ0n) is 12.5. The lowest BCUT2D eigenvalue weighted by molar-refractivity contribution is -0.137. The van der Waals surface area contributed by atoms with E-state index in [0.29, 0.717) is 19.5 Å². The van der Waals surface area contributed by atoms with Crippen molar-refractivity contribution >= 4 is 17.6 Å². The number of para-hydroxylation sites is 1. The third-order valence-corrected chi connectivity index (χ3v) is 3.13. The fourth-order valence-electron chi connectivity index (χ4n) is 1.99. The van der Waals surface area contributed by atoms with Crippen LogP contribution in [0.2, 0.25) is 0 Å². The summed E-state index contributed by atoms with van der Waals surface area (Å²) in [5.74, 6) is -0.835. The smallest absolute Gasteiger partial charge is 0.303 e. The fourth-order valence-corrected chi connectivity index (χ4v) is 1.99. The molecule has 21 heavy (non-hydrogen) atoms. The number of carboxylic acids is 1. The highest BCUT2D eigenvalue weighted by Crippen LogP contribution is 2.13. The summed E-state index contributed by atoms with van der Waals surface area (Å²) in [4.78, 5) is 24.5. The van der Waals surface area contributed by atoms with E-state index in [-0.39, 0.29) is 18.9 Å². The van der Waals surface area contributed by atoms with E-state index in [2.05, 4.69) is 12.2 Å². The molecule has 1 amide bonds. The van der Waals surface area contributed by atoms with Gasteiger partial charge in [-0.2, -0.15) is 0 Å². The van der Waals surface area contributed by atoms with E-state index in [9.17, 15) is 9.59 Å². The number of carbonyl (C=O) groups excluding carboxylic acids is 1. The first-order chi connectivity index (χ1) is 10.1. The minimum absolute atomic E-state index is 0.0253. The van der Waals surface area contributed by atoms with E-state index < -0.39 is 5.97 Å². The van der Waals surface area contributed by atoms with Gasteiger partial charge in [-0.25, -0.2) is 0 Å². The van der Waals surface area contributed by atoms with Crippen LogP contribution in [-0.2, 0) is 9.59 Å². The van der Waals surface area contributed by atoms with E-state index in [1.165, 1.54) is 0 Å². The number of aliphatic carboxylic acids is 1. The molecule has 5 heteroatoms. The van der Waals surface area contributed by atoms with Crippen LogP contribution in [0.5, 0.6) is 0 Å². The molecule has 0 radical (unpaired) electrons. The summed E-state index contributed by atoms with van der Waals surface area (Å²) in [5.41, 5.74) is 0.938. The van der Waals surface area contributed by atoms with Crippen LogP contribution < -0.4 is 10.2 Å². The first-order valence-corrected chi connectivity index (χ1v) is 7.42. The van der Waals surface area contributed by atoms with E-state index in [0.717, 1.165) is 18.5 Å². The zero-order valence-corrected chi connectivity index (χ0v) is 12.5. The number of hydrogen-bond donors (Lipinski definition) is 2. The van der Waals surface area contributed by atoms with Crippen molar-refractivity contribution in [3.63, 3.8) is 0 Å². The Kier molecular flexibility index (Phi) is 7.94. The summed E-state index contributed by atoms with van der Waals surface area (Å²) in [6.07, 6.45) is 2.64. The maximum absolute atomic E-state index is 11.9. The van der Waals surface area contributed by atoms with Crippen LogP contribution in [0.4, 0.5) is 5.69 Å². The van der Waals surface area contributed by atoms with E-state index in [1.807, 2.05) is 35.2 Å². The van der Waals surface area contributed by atoms with Gasteiger partial charge in [0.15, 0.2) is 0 Å². The highest BCUT2D eigenvalue weighted by atomic mass is 16.4. The van der Waals surface area contributed by atoms with Crippen LogP contribution in [0.15, 0.2) is 30.3 Å². The van der Waals surface area contributed by atoms with Gasteiger partial charge in [-0.05, 0) is 25.0 Å². The predicted molar refractivity (Wildman–Crippen MR) is 83.4 cm³/mol. The standard InChI is InChI=1S/C16H24N2O3/c1-2-3-11-17-15(19)13-18(12-7-10-16(20)21)14-8-5-4-6-9-14/h4-6,8-9H,2-3,7,10-13H2,1H3,(H,17,19)(H,20,21). The molecular formula is C16H24N2O3. The fraction of sp³-hybridized carbons (Fsp3) is 0.500. The SMILES string of the molecule is CCCCNC(=O)CN(CCCC(=O)O)c1ccccc1. The topological polar surface area (TPSA) is 69.6 Å². The maximum atomic E-state index is 11.9. The van der Waals surface area contributed by atoms with Crippen molar-refractivity contribution in [3.8, 4) is 0 Å². The summed E-state index contributed by atoms with van der Waals surface area (Å²) in [7, 11) is 0. The highest BCUT2D eigenvalue weighted by molar-refractivity contribution is 5.81. The van der Waals surface area contributed by atoms with Gasteiger partial charge in [-0.15, -0.1) is 0 Å². The van der Waals surface area contributed by atoms with Crippen molar-refractivity contribution in [2.45, 2.75) is 32.6 Å². The molecular weight excluding hydrogens is 268 g/mol. The summed E-state index contributed by atoms with van der Waals surface area (Å²) >= 11 is 0. The molecule has 0 aliphatic heterocycles. The first-order valence-electron chi connectivity index (χ1n) is 7.42. The third kappa shape index (κ3) is 7.34. The van der Waals surface area contributed by atoms with Gasteiger partial charge in [0.05, 0.1) is 6.54 Å². The Bertz CT molecular complexity index is 434. The van der Waals surface area contributed by atoms with Crippen molar-refractivity contribution in [1.82, 2.24) is 5.32 Å². The van der Waals surface area contributed by atoms with Gasteiger partial charge in [0.2, 0.25) is 5.91 Å².